The Morgan fingerprint density at radius 2 is 1.89 bits per heavy atom. The molecule has 8 heteroatoms. The molecule has 1 atom stereocenters. The highest BCUT2D eigenvalue weighted by Crippen LogP contribution is 2.33. The molecule has 0 unspecified atom stereocenters. The monoisotopic (exact) mass is 497 g/mol. The van der Waals surface area contributed by atoms with Gasteiger partial charge in [0.1, 0.15) is 12.4 Å². The fourth-order valence-electron chi connectivity index (χ4n) is 5.09. The Labute approximate surface area is 216 Å². The number of nitrogens with zero attached hydrogens (tertiary/aromatic N) is 4. The lowest BCUT2D eigenvalue weighted by molar-refractivity contribution is -0.115. The van der Waals surface area contributed by atoms with Crippen molar-refractivity contribution in [2.45, 2.75) is 38.3 Å². The highest BCUT2D eigenvalue weighted by Gasteiger charge is 2.31. The number of aryl methyl sites for hydroxylation is 1. The van der Waals surface area contributed by atoms with Crippen molar-refractivity contribution in [2.75, 3.05) is 19.0 Å². The van der Waals surface area contributed by atoms with Gasteiger partial charge in [0.05, 0.1) is 34.8 Å². The van der Waals surface area contributed by atoms with Gasteiger partial charge in [-0.05, 0) is 49.1 Å². The predicted molar refractivity (Wildman–Crippen MR) is 142 cm³/mol. The number of fused-ring (bicyclic) bond motifs is 1. The number of methoxy groups -OCH3 is 1. The Kier molecular flexibility index (Phi) is 7.28. The van der Waals surface area contributed by atoms with Crippen LogP contribution >= 0.6 is 0 Å². The molecule has 2 aromatic carbocycles. The van der Waals surface area contributed by atoms with Crippen molar-refractivity contribution >= 4 is 28.5 Å². The van der Waals surface area contributed by atoms with Crippen LogP contribution in [0.15, 0.2) is 66.9 Å². The number of piperidine rings is 1. The number of ether oxygens (including phenoxy) is 1. The number of carbonyl (C=O) groups is 2. The maximum atomic E-state index is 14.2. The van der Waals surface area contributed by atoms with E-state index in [9.17, 15) is 9.59 Å². The molecular formula is C29H31N5O3. The fourth-order valence-corrected chi connectivity index (χ4v) is 5.09. The Bertz CT molecular complexity index is 1400. The van der Waals surface area contributed by atoms with E-state index in [1.165, 1.54) is 0 Å². The van der Waals surface area contributed by atoms with Gasteiger partial charge in [0.2, 0.25) is 5.91 Å². The summed E-state index contributed by atoms with van der Waals surface area (Å²) in [7, 11) is 3.51. The molecule has 190 valence electrons. The fraction of sp³-hybridized carbons (Fsp3) is 0.310. The second-order valence-electron chi connectivity index (χ2n) is 9.39. The zero-order chi connectivity index (χ0) is 25.8. The molecule has 5 rings (SSSR count). The van der Waals surface area contributed by atoms with Crippen LogP contribution in [0.3, 0.4) is 0 Å². The normalized spacial score (nSPS) is 15.6. The van der Waals surface area contributed by atoms with E-state index in [0.29, 0.717) is 35.7 Å². The molecule has 2 aromatic heterocycles. The summed E-state index contributed by atoms with van der Waals surface area (Å²) in [4.78, 5) is 38.2. The van der Waals surface area contributed by atoms with Gasteiger partial charge in [0.15, 0.2) is 0 Å². The van der Waals surface area contributed by atoms with Crippen molar-refractivity contribution in [3.63, 3.8) is 0 Å². The summed E-state index contributed by atoms with van der Waals surface area (Å²) in [6.45, 7) is 0.962. The molecule has 2 amide bonds. The number of hydrogen-bond donors (Lipinski definition) is 1. The average molecular weight is 498 g/mol. The quantitative estimate of drug-likeness (QED) is 0.401. The van der Waals surface area contributed by atoms with E-state index in [1.54, 1.807) is 19.4 Å². The van der Waals surface area contributed by atoms with Gasteiger partial charge in [0, 0.05) is 32.6 Å². The van der Waals surface area contributed by atoms with E-state index >= 15 is 0 Å². The molecule has 0 radical (unpaired) electrons. The van der Waals surface area contributed by atoms with Crippen LogP contribution in [0.1, 0.15) is 52.7 Å². The summed E-state index contributed by atoms with van der Waals surface area (Å²) in [6.07, 6.45) is 4.85. The van der Waals surface area contributed by atoms with Crippen molar-refractivity contribution in [1.82, 2.24) is 19.4 Å². The number of likely N-dealkylation sites (tertiary alicyclic amines) is 1. The third-order valence-electron chi connectivity index (χ3n) is 6.85. The van der Waals surface area contributed by atoms with Gasteiger partial charge < -0.3 is 19.5 Å². The average Bonchev–Trinajstić information content (AvgIpc) is 3.23. The van der Waals surface area contributed by atoms with Crippen molar-refractivity contribution in [1.29, 1.82) is 0 Å². The van der Waals surface area contributed by atoms with Crippen LogP contribution in [0.4, 0.5) is 5.69 Å². The number of imidazole rings is 1. The summed E-state index contributed by atoms with van der Waals surface area (Å²) in [6, 6.07) is 18.9. The first-order valence-corrected chi connectivity index (χ1v) is 12.6. The molecule has 0 saturated carbocycles. The lowest BCUT2D eigenvalue weighted by atomic mass is 9.97. The van der Waals surface area contributed by atoms with Crippen LogP contribution in [-0.4, -0.2) is 44.9 Å². The number of amides is 2. The minimum atomic E-state index is -0.152. The van der Waals surface area contributed by atoms with Gasteiger partial charge in [-0.3, -0.25) is 14.6 Å². The molecule has 0 spiro atoms. The second kappa shape index (κ2) is 10.9. The van der Waals surface area contributed by atoms with Gasteiger partial charge in [-0.15, -0.1) is 0 Å². The van der Waals surface area contributed by atoms with Gasteiger partial charge >= 0.3 is 0 Å². The number of anilines is 1. The molecule has 0 bridgehead atoms. The minimum Gasteiger partial charge on any atom is -0.377 e. The first-order valence-electron chi connectivity index (χ1n) is 12.6. The van der Waals surface area contributed by atoms with Gasteiger partial charge in [0.25, 0.3) is 5.91 Å². The number of nitrogens with one attached hydrogen (secondary N) is 1. The Morgan fingerprint density at radius 3 is 2.65 bits per heavy atom. The van der Waals surface area contributed by atoms with E-state index in [2.05, 4.69) is 10.3 Å². The Morgan fingerprint density at radius 1 is 1.08 bits per heavy atom. The van der Waals surface area contributed by atoms with Crippen LogP contribution in [0, 0.1) is 0 Å². The number of carbonyl (C=O) groups excluding carboxylic acids is 2. The number of aromatic nitrogens is 3. The first kappa shape index (κ1) is 24.6. The van der Waals surface area contributed by atoms with E-state index in [-0.39, 0.29) is 24.3 Å². The van der Waals surface area contributed by atoms with Crippen LogP contribution in [0.5, 0.6) is 0 Å². The summed E-state index contributed by atoms with van der Waals surface area (Å²) in [5, 5.41) is 2.98. The SMILES string of the molecule is COCc1nc2cc(NC(=O)Cc3ccccc3)cc(C(=O)N3CCCC[C@H]3c3ccccn3)c2n1C. The molecule has 0 aliphatic carbocycles. The van der Waals surface area contributed by atoms with Gasteiger partial charge in [-0.25, -0.2) is 4.98 Å². The van der Waals surface area contributed by atoms with Crippen molar-refractivity contribution in [3.8, 4) is 0 Å². The third kappa shape index (κ3) is 5.24. The van der Waals surface area contributed by atoms with Crippen LogP contribution in [-0.2, 0) is 29.6 Å². The van der Waals surface area contributed by atoms with Crippen molar-refractivity contribution < 1.29 is 14.3 Å². The van der Waals surface area contributed by atoms with Gasteiger partial charge in [-0.1, -0.05) is 36.4 Å². The molecular weight excluding hydrogens is 466 g/mol. The topological polar surface area (TPSA) is 89.3 Å². The summed E-state index contributed by atoms with van der Waals surface area (Å²) >= 11 is 0. The van der Waals surface area contributed by atoms with Gasteiger partial charge in [-0.2, -0.15) is 0 Å². The molecule has 4 aromatic rings. The molecule has 8 nitrogen and oxygen atoms in total. The maximum Gasteiger partial charge on any atom is 0.256 e. The predicted octanol–water partition coefficient (Wildman–Crippen LogP) is 4.66. The zero-order valence-corrected chi connectivity index (χ0v) is 21.2. The highest BCUT2D eigenvalue weighted by atomic mass is 16.5. The number of benzene rings is 2. The van der Waals surface area contributed by atoms with Crippen LogP contribution < -0.4 is 5.32 Å². The number of rotatable bonds is 7. The van der Waals surface area contributed by atoms with E-state index < -0.39 is 0 Å². The second-order valence-corrected chi connectivity index (χ2v) is 9.39. The largest absolute Gasteiger partial charge is 0.377 e. The Balaban J connectivity index is 1.53. The summed E-state index contributed by atoms with van der Waals surface area (Å²) in [5.41, 5.74) is 4.23. The third-order valence-corrected chi connectivity index (χ3v) is 6.85. The maximum absolute atomic E-state index is 14.2. The van der Waals surface area contributed by atoms with E-state index in [1.807, 2.05) is 71.1 Å². The first-order chi connectivity index (χ1) is 18.0. The number of pyridine rings is 1. The molecule has 1 aliphatic heterocycles. The smallest absolute Gasteiger partial charge is 0.256 e. The standard InChI is InChI=1S/C29H31N5O3/c1-33-26(19-37-2)32-24-18-21(31-27(35)16-20-10-4-3-5-11-20)17-22(28(24)33)29(36)34-15-9-7-13-25(34)23-12-6-8-14-30-23/h3-6,8,10-12,14,17-18,25H,7,9,13,15-16,19H2,1-2H3,(H,31,35)/t25-/m0/s1. The summed E-state index contributed by atoms with van der Waals surface area (Å²) < 4.78 is 7.24. The van der Waals surface area contributed by atoms with Crippen molar-refractivity contribution in [2.24, 2.45) is 7.05 Å². The lowest BCUT2D eigenvalue weighted by Crippen LogP contribution is -2.39. The van der Waals surface area contributed by atoms with Crippen LogP contribution in [0.2, 0.25) is 0 Å². The molecule has 1 aliphatic rings. The molecule has 3 heterocycles. The van der Waals surface area contributed by atoms with E-state index in [4.69, 9.17) is 9.72 Å². The molecule has 37 heavy (non-hydrogen) atoms. The highest BCUT2D eigenvalue weighted by molar-refractivity contribution is 6.08. The molecule has 1 fully saturated rings. The molecule has 1 saturated heterocycles. The molecule has 1 N–H and O–H groups in total. The van der Waals surface area contributed by atoms with Crippen molar-refractivity contribution in [3.05, 3.63) is 89.5 Å². The van der Waals surface area contributed by atoms with Crippen LogP contribution in [0.25, 0.3) is 11.0 Å². The summed E-state index contributed by atoms with van der Waals surface area (Å²) in [5.74, 6) is 0.465. The minimum absolute atomic E-state index is 0.0912. The lowest BCUT2D eigenvalue weighted by Gasteiger charge is -2.35. The Hall–Kier alpha value is -4.04. The van der Waals surface area contributed by atoms with E-state index in [0.717, 1.165) is 36.0 Å². The number of hydrogen-bond acceptors (Lipinski definition) is 5. The zero-order valence-electron chi connectivity index (χ0n) is 21.2.